The normalized spacial score (nSPS) is 13.8. The van der Waals surface area contributed by atoms with Gasteiger partial charge in [0.15, 0.2) is 5.58 Å². The van der Waals surface area contributed by atoms with Gasteiger partial charge in [-0.05, 0) is 75.8 Å². The summed E-state index contributed by atoms with van der Waals surface area (Å²) in [6.45, 7) is 4.62. The van der Waals surface area contributed by atoms with Crippen LogP contribution in [0.15, 0.2) is 102 Å². The van der Waals surface area contributed by atoms with E-state index in [1.807, 2.05) is 30.5 Å². The molecular formula is C31H22N2O. The minimum atomic E-state index is -0.0175. The summed E-state index contributed by atoms with van der Waals surface area (Å²) in [5.74, 6) is 0.628. The monoisotopic (exact) mass is 438 g/mol. The van der Waals surface area contributed by atoms with E-state index in [0.29, 0.717) is 5.89 Å². The van der Waals surface area contributed by atoms with E-state index in [1.54, 1.807) is 0 Å². The molecule has 0 atom stereocenters. The molecule has 1 aliphatic rings. The van der Waals surface area contributed by atoms with E-state index < -0.39 is 0 Å². The third kappa shape index (κ3) is 2.77. The Morgan fingerprint density at radius 1 is 0.647 bits per heavy atom. The molecule has 7 rings (SSSR count). The molecule has 2 aromatic heterocycles. The number of oxazole rings is 1. The number of hydrogen-bond donors (Lipinski definition) is 0. The van der Waals surface area contributed by atoms with E-state index in [1.165, 1.54) is 27.8 Å². The van der Waals surface area contributed by atoms with E-state index in [2.05, 4.69) is 85.6 Å². The largest absolute Gasteiger partial charge is 0.436 e. The molecule has 0 unspecified atom stereocenters. The number of rotatable bonds is 2. The number of nitrogens with zero attached hydrogens (tertiary/aromatic N) is 2. The Bertz CT molecular complexity index is 1740. The standard InChI is InChI=1S/C31H22N2O/c1-31(2)25-8-4-3-7-23(25)24-12-9-19(17-26(24)31)20-10-14-28-29(18-20)34-30(33-28)22-11-13-27-21(16-22)6-5-15-32-27/h3-18H,1-2H3. The van der Waals surface area contributed by atoms with E-state index in [9.17, 15) is 0 Å². The lowest BCUT2D eigenvalue weighted by Gasteiger charge is -2.22. The first-order chi connectivity index (χ1) is 16.6. The zero-order chi connectivity index (χ0) is 22.9. The van der Waals surface area contributed by atoms with Crippen molar-refractivity contribution >= 4 is 22.0 Å². The molecule has 0 saturated carbocycles. The molecular weight excluding hydrogens is 416 g/mol. The summed E-state index contributed by atoms with van der Waals surface area (Å²) in [6.07, 6.45) is 1.81. The van der Waals surface area contributed by atoms with Gasteiger partial charge in [-0.25, -0.2) is 4.98 Å². The van der Waals surface area contributed by atoms with Crippen LogP contribution >= 0.6 is 0 Å². The van der Waals surface area contributed by atoms with Gasteiger partial charge >= 0.3 is 0 Å². The molecule has 3 heteroatoms. The quantitative estimate of drug-likeness (QED) is 0.275. The lowest BCUT2D eigenvalue weighted by Crippen LogP contribution is -2.14. The van der Waals surface area contributed by atoms with Gasteiger partial charge in [-0.3, -0.25) is 4.98 Å². The summed E-state index contributed by atoms with van der Waals surface area (Å²) in [5.41, 5.74) is 11.3. The Labute approximate surface area is 197 Å². The van der Waals surface area contributed by atoms with Gasteiger partial charge < -0.3 is 4.42 Å². The minimum Gasteiger partial charge on any atom is -0.436 e. The van der Waals surface area contributed by atoms with Gasteiger partial charge in [0.05, 0.1) is 5.52 Å². The molecule has 0 spiro atoms. The summed E-state index contributed by atoms with van der Waals surface area (Å²) in [5, 5.41) is 1.07. The summed E-state index contributed by atoms with van der Waals surface area (Å²) in [6, 6.07) is 31.9. The molecule has 0 bridgehead atoms. The summed E-state index contributed by atoms with van der Waals surface area (Å²) < 4.78 is 6.22. The smallest absolute Gasteiger partial charge is 0.227 e. The van der Waals surface area contributed by atoms with Crippen molar-refractivity contribution in [2.24, 2.45) is 0 Å². The second kappa shape index (κ2) is 6.88. The first kappa shape index (κ1) is 19.2. The number of fused-ring (bicyclic) bond motifs is 5. The predicted molar refractivity (Wildman–Crippen MR) is 138 cm³/mol. The zero-order valence-electron chi connectivity index (χ0n) is 19.0. The fourth-order valence-electron chi connectivity index (χ4n) is 5.32. The summed E-state index contributed by atoms with van der Waals surface area (Å²) >= 11 is 0. The third-order valence-corrected chi connectivity index (χ3v) is 7.16. The van der Waals surface area contributed by atoms with E-state index >= 15 is 0 Å². The van der Waals surface area contributed by atoms with E-state index in [-0.39, 0.29) is 5.41 Å². The number of pyridine rings is 1. The van der Waals surface area contributed by atoms with Gasteiger partial charge in [0, 0.05) is 22.6 Å². The van der Waals surface area contributed by atoms with Crippen molar-refractivity contribution in [3.63, 3.8) is 0 Å². The molecule has 34 heavy (non-hydrogen) atoms. The van der Waals surface area contributed by atoms with Crippen molar-refractivity contribution in [3.8, 4) is 33.7 Å². The predicted octanol–water partition coefficient (Wildman–Crippen LogP) is 8.02. The molecule has 0 amide bonds. The first-order valence-corrected chi connectivity index (χ1v) is 11.6. The highest BCUT2D eigenvalue weighted by molar-refractivity contribution is 5.87. The van der Waals surface area contributed by atoms with Crippen LogP contribution in [0.1, 0.15) is 25.0 Å². The van der Waals surface area contributed by atoms with Crippen molar-refractivity contribution in [2.75, 3.05) is 0 Å². The maximum atomic E-state index is 6.22. The molecule has 0 fully saturated rings. The van der Waals surface area contributed by atoms with E-state index in [0.717, 1.165) is 33.1 Å². The average Bonchev–Trinajstić information content (AvgIpc) is 3.40. The van der Waals surface area contributed by atoms with Gasteiger partial charge in [-0.1, -0.05) is 62.4 Å². The highest BCUT2D eigenvalue weighted by Gasteiger charge is 2.35. The van der Waals surface area contributed by atoms with Gasteiger partial charge in [0.25, 0.3) is 0 Å². The maximum Gasteiger partial charge on any atom is 0.227 e. The van der Waals surface area contributed by atoms with Gasteiger partial charge in [-0.15, -0.1) is 0 Å². The van der Waals surface area contributed by atoms with Crippen molar-refractivity contribution in [1.82, 2.24) is 9.97 Å². The van der Waals surface area contributed by atoms with Gasteiger partial charge in [0.1, 0.15) is 5.52 Å². The molecule has 0 saturated heterocycles. The Balaban J connectivity index is 1.30. The third-order valence-electron chi connectivity index (χ3n) is 7.16. The van der Waals surface area contributed by atoms with Crippen LogP contribution in [-0.4, -0.2) is 9.97 Å². The SMILES string of the molecule is CC1(C)c2ccccc2-c2ccc(-c3ccc4nc(-c5ccc6ncccc6c5)oc4c3)cc21. The topological polar surface area (TPSA) is 38.9 Å². The Morgan fingerprint density at radius 2 is 1.41 bits per heavy atom. The Morgan fingerprint density at radius 3 is 2.35 bits per heavy atom. The van der Waals surface area contributed by atoms with Crippen LogP contribution < -0.4 is 0 Å². The van der Waals surface area contributed by atoms with Crippen LogP contribution in [0.4, 0.5) is 0 Å². The Kier molecular flexibility index (Phi) is 3.89. The van der Waals surface area contributed by atoms with Crippen LogP contribution in [-0.2, 0) is 5.41 Å². The van der Waals surface area contributed by atoms with Crippen molar-refractivity contribution < 1.29 is 4.42 Å². The molecule has 0 aliphatic heterocycles. The first-order valence-electron chi connectivity index (χ1n) is 11.6. The van der Waals surface area contributed by atoms with Crippen LogP contribution in [0.2, 0.25) is 0 Å². The molecule has 0 radical (unpaired) electrons. The number of aromatic nitrogens is 2. The van der Waals surface area contributed by atoms with Crippen molar-refractivity contribution in [2.45, 2.75) is 19.3 Å². The second-order valence-corrected chi connectivity index (χ2v) is 9.54. The fraction of sp³-hybridized carbons (Fsp3) is 0.0968. The van der Waals surface area contributed by atoms with E-state index in [4.69, 9.17) is 9.40 Å². The second-order valence-electron chi connectivity index (χ2n) is 9.54. The lowest BCUT2D eigenvalue weighted by atomic mass is 9.81. The molecule has 0 N–H and O–H groups in total. The van der Waals surface area contributed by atoms with Gasteiger partial charge in [0.2, 0.25) is 5.89 Å². The van der Waals surface area contributed by atoms with Gasteiger partial charge in [-0.2, -0.15) is 0 Å². The summed E-state index contributed by atoms with van der Waals surface area (Å²) in [7, 11) is 0. The molecule has 4 aromatic carbocycles. The highest BCUT2D eigenvalue weighted by atomic mass is 16.3. The molecule has 2 heterocycles. The molecule has 1 aliphatic carbocycles. The van der Waals surface area contributed by atoms with Crippen LogP contribution in [0.5, 0.6) is 0 Å². The number of benzene rings is 4. The molecule has 3 nitrogen and oxygen atoms in total. The highest BCUT2D eigenvalue weighted by Crippen LogP contribution is 2.49. The van der Waals surface area contributed by atoms with Crippen LogP contribution in [0.25, 0.3) is 55.7 Å². The number of hydrogen-bond acceptors (Lipinski definition) is 3. The summed E-state index contributed by atoms with van der Waals surface area (Å²) in [4.78, 5) is 9.15. The lowest BCUT2D eigenvalue weighted by molar-refractivity contribution is 0.620. The Hall–Kier alpha value is -4.24. The average molecular weight is 439 g/mol. The maximum absolute atomic E-state index is 6.22. The van der Waals surface area contributed by atoms with Crippen molar-refractivity contribution in [3.05, 3.63) is 108 Å². The minimum absolute atomic E-state index is 0.0175. The van der Waals surface area contributed by atoms with Crippen molar-refractivity contribution in [1.29, 1.82) is 0 Å². The fourth-order valence-corrected chi connectivity index (χ4v) is 5.32. The molecule has 6 aromatic rings. The van der Waals surface area contributed by atoms with Crippen LogP contribution in [0, 0.1) is 0 Å². The molecule has 162 valence electrons. The zero-order valence-corrected chi connectivity index (χ0v) is 19.0. The van der Waals surface area contributed by atoms with Crippen LogP contribution in [0.3, 0.4) is 0 Å².